The van der Waals surface area contributed by atoms with Crippen molar-refractivity contribution in [2.75, 3.05) is 13.2 Å². The number of allylic oxidation sites excluding steroid dienone is 4. The van der Waals surface area contributed by atoms with Gasteiger partial charge in [0.25, 0.3) is 0 Å². The lowest BCUT2D eigenvalue weighted by Crippen LogP contribution is -2.30. The van der Waals surface area contributed by atoms with Crippen LogP contribution in [0, 0.1) is 0 Å². The predicted molar refractivity (Wildman–Crippen MR) is 266 cm³/mol. The third kappa shape index (κ3) is 48.9. The average Bonchev–Trinajstić information content (AvgIpc) is 3.27. The second-order valence-corrected chi connectivity index (χ2v) is 18.5. The van der Waals surface area contributed by atoms with E-state index in [1.807, 2.05) is 0 Å². The van der Waals surface area contributed by atoms with Crippen molar-refractivity contribution in [1.29, 1.82) is 0 Å². The maximum Gasteiger partial charge on any atom is 0.306 e. The average molecular weight is 873 g/mol. The van der Waals surface area contributed by atoms with Gasteiger partial charge in [0.15, 0.2) is 6.10 Å². The molecule has 0 spiro atoms. The highest BCUT2D eigenvalue weighted by atomic mass is 16.6. The molecule has 0 aromatic rings. The molecular weight excluding hydrogens is 769 g/mol. The number of hydrogen-bond acceptors (Lipinski definition) is 6. The Hall–Kier alpha value is -2.11. The van der Waals surface area contributed by atoms with E-state index >= 15 is 0 Å². The zero-order valence-electron chi connectivity index (χ0n) is 41.7. The predicted octanol–water partition coefficient (Wildman–Crippen LogP) is 17.9. The largest absolute Gasteiger partial charge is 0.462 e. The van der Waals surface area contributed by atoms with Crippen LogP contribution in [0.2, 0.25) is 0 Å². The lowest BCUT2D eigenvalue weighted by molar-refractivity contribution is -0.167. The van der Waals surface area contributed by atoms with Crippen LogP contribution in [0.25, 0.3) is 0 Å². The molecule has 0 bridgehead atoms. The SMILES string of the molecule is CCCCC/C=C\C=C/CCCCCCCCCCCCC(=O)OCC(COC(=O)CCCCCCCCCCCC)OC(=O)CCCCCCCCCCCCCCCCC. The van der Waals surface area contributed by atoms with Crippen LogP contribution < -0.4 is 0 Å². The zero-order chi connectivity index (χ0) is 45.1. The lowest BCUT2D eigenvalue weighted by atomic mass is 10.0. The Kier molecular flexibility index (Phi) is 49.8. The van der Waals surface area contributed by atoms with Crippen LogP contribution in [0.15, 0.2) is 24.3 Å². The minimum absolute atomic E-state index is 0.0671. The van der Waals surface area contributed by atoms with E-state index in [-0.39, 0.29) is 31.1 Å². The Balaban J connectivity index is 4.27. The van der Waals surface area contributed by atoms with E-state index in [0.29, 0.717) is 19.3 Å². The van der Waals surface area contributed by atoms with E-state index in [4.69, 9.17) is 14.2 Å². The van der Waals surface area contributed by atoms with Crippen molar-refractivity contribution < 1.29 is 28.6 Å². The van der Waals surface area contributed by atoms with Crippen molar-refractivity contribution in [3.05, 3.63) is 24.3 Å². The molecule has 0 N–H and O–H groups in total. The number of carbonyl (C=O) groups excluding carboxylic acids is 3. The van der Waals surface area contributed by atoms with Crippen LogP contribution in [0.3, 0.4) is 0 Å². The van der Waals surface area contributed by atoms with Gasteiger partial charge in [-0.25, -0.2) is 0 Å². The topological polar surface area (TPSA) is 78.9 Å². The first kappa shape index (κ1) is 59.9. The fraction of sp³-hybridized carbons (Fsp3) is 0.875. The first-order valence-electron chi connectivity index (χ1n) is 27.4. The summed E-state index contributed by atoms with van der Waals surface area (Å²) in [6.45, 7) is 6.63. The van der Waals surface area contributed by atoms with E-state index in [1.165, 1.54) is 199 Å². The van der Waals surface area contributed by atoms with Gasteiger partial charge < -0.3 is 14.2 Å². The Morgan fingerprint density at radius 2 is 0.565 bits per heavy atom. The summed E-state index contributed by atoms with van der Waals surface area (Å²) in [5.74, 6) is -0.855. The van der Waals surface area contributed by atoms with E-state index < -0.39 is 6.10 Å². The molecule has 0 saturated heterocycles. The van der Waals surface area contributed by atoms with E-state index in [9.17, 15) is 14.4 Å². The van der Waals surface area contributed by atoms with Crippen molar-refractivity contribution in [2.24, 2.45) is 0 Å². The van der Waals surface area contributed by atoms with E-state index in [2.05, 4.69) is 45.1 Å². The third-order valence-corrected chi connectivity index (χ3v) is 12.2. The fourth-order valence-electron chi connectivity index (χ4n) is 8.08. The van der Waals surface area contributed by atoms with Gasteiger partial charge in [0.05, 0.1) is 0 Å². The number of carbonyl (C=O) groups is 3. The van der Waals surface area contributed by atoms with Gasteiger partial charge in [0.1, 0.15) is 13.2 Å². The second kappa shape index (κ2) is 51.5. The van der Waals surface area contributed by atoms with Crippen LogP contribution in [-0.2, 0) is 28.6 Å². The molecule has 0 aromatic carbocycles. The minimum Gasteiger partial charge on any atom is -0.462 e. The first-order valence-corrected chi connectivity index (χ1v) is 27.4. The molecule has 6 heteroatoms. The van der Waals surface area contributed by atoms with Crippen LogP contribution in [0.4, 0.5) is 0 Å². The fourth-order valence-corrected chi connectivity index (χ4v) is 8.08. The van der Waals surface area contributed by atoms with Crippen LogP contribution in [-0.4, -0.2) is 37.2 Å². The maximum atomic E-state index is 12.8. The number of esters is 3. The highest BCUT2D eigenvalue weighted by molar-refractivity contribution is 5.71. The molecule has 1 atom stereocenters. The smallest absolute Gasteiger partial charge is 0.306 e. The second-order valence-electron chi connectivity index (χ2n) is 18.5. The van der Waals surface area contributed by atoms with Gasteiger partial charge >= 0.3 is 17.9 Å². The molecular formula is C56H104O6. The molecule has 0 rings (SSSR count). The zero-order valence-corrected chi connectivity index (χ0v) is 41.7. The summed E-state index contributed by atoms with van der Waals surface area (Å²) in [4.78, 5) is 38.0. The van der Waals surface area contributed by atoms with Gasteiger partial charge in [0, 0.05) is 19.3 Å². The van der Waals surface area contributed by atoms with Crippen LogP contribution in [0.5, 0.6) is 0 Å². The third-order valence-electron chi connectivity index (χ3n) is 12.2. The molecule has 1 unspecified atom stereocenters. The Morgan fingerprint density at radius 3 is 0.887 bits per heavy atom. The summed E-state index contributed by atoms with van der Waals surface area (Å²) in [5.41, 5.74) is 0. The molecule has 0 aliphatic carbocycles. The van der Waals surface area contributed by atoms with Gasteiger partial charge in [-0.15, -0.1) is 0 Å². The number of unbranched alkanes of at least 4 members (excludes halogenated alkanes) is 36. The number of rotatable bonds is 50. The van der Waals surface area contributed by atoms with Gasteiger partial charge in [-0.2, -0.15) is 0 Å². The van der Waals surface area contributed by atoms with Gasteiger partial charge in [-0.05, 0) is 44.9 Å². The van der Waals surface area contributed by atoms with E-state index in [1.54, 1.807) is 0 Å². The molecule has 6 nitrogen and oxygen atoms in total. The lowest BCUT2D eigenvalue weighted by Gasteiger charge is -2.18. The first-order chi connectivity index (χ1) is 30.5. The quantitative estimate of drug-likeness (QED) is 0.0262. The highest BCUT2D eigenvalue weighted by Gasteiger charge is 2.19. The molecule has 364 valence electrons. The standard InChI is InChI=1S/C56H104O6/c1-4-7-10-13-16-19-22-24-26-27-28-29-31-32-34-37-40-43-46-49-55(58)61-52-53(51-60-54(57)48-45-42-39-36-21-18-15-12-9-6-3)62-56(59)50-47-44-41-38-35-33-30-25-23-20-17-14-11-8-5-2/h16,19,22,24,53H,4-15,17-18,20-21,23,25-52H2,1-3H3/b19-16-,24-22-. The molecule has 0 fully saturated rings. The van der Waals surface area contributed by atoms with Crippen molar-refractivity contribution in [1.82, 2.24) is 0 Å². The van der Waals surface area contributed by atoms with Crippen LogP contribution in [0.1, 0.15) is 297 Å². The van der Waals surface area contributed by atoms with Crippen molar-refractivity contribution in [3.8, 4) is 0 Å². The molecule has 0 aliphatic heterocycles. The molecule has 0 aliphatic rings. The van der Waals surface area contributed by atoms with Crippen molar-refractivity contribution >= 4 is 17.9 Å². The molecule has 0 saturated carbocycles. The molecule has 0 aromatic heterocycles. The summed E-state index contributed by atoms with van der Waals surface area (Å²) in [6.07, 6.45) is 58.8. The molecule has 0 amide bonds. The van der Waals surface area contributed by atoms with Gasteiger partial charge in [0.2, 0.25) is 0 Å². The minimum atomic E-state index is -0.766. The number of ether oxygens (including phenoxy) is 3. The Labute approximate surface area is 385 Å². The summed E-state index contributed by atoms with van der Waals surface area (Å²) in [7, 11) is 0. The summed E-state index contributed by atoms with van der Waals surface area (Å²) >= 11 is 0. The van der Waals surface area contributed by atoms with E-state index in [0.717, 1.165) is 57.8 Å². The molecule has 0 heterocycles. The highest BCUT2D eigenvalue weighted by Crippen LogP contribution is 2.16. The van der Waals surface area contributed by atoms with Gasteiger partial charge in [-0.1, -0.05) is 257 Å². The van der Waals surface area contributed by atoms with Crippen molar-refractivity contribution in [2.45, 2.75) is 303 Å². The van der Waals surface area contributed by atoms with Crippen LogP contribution >= 0.6 is 0 Å². The normalized spacial score (nSPS) is 12.1. The molecule has 62 heavy (non-hydrogen) atoms. The summed E-state index contributed by atoms with van der Waals surface area (Å²) in [6, 6.07) is 0. The van der Waals surface area contributed by atoms with Gasteiger partial charge in [-0.3, -0.25) is 14.4 Å². The number of hydrogen-bond donors (Lipinski definition) is 0. The monoisotopic (exact) mass is 873 g/mol. The van der Waals surface area contributed by atoms with Crippen molar-refractivity contribution in [3.63, 3.8) is 0 Å². The Morgan fingerprint density at radius 1 is 0.323 bits per heavy atom. The summed E-state index contributed by atoms with van der Waals surface area (Å²) < 4.78 is 16.8. The maximum absolute atomic E-state index is 12.8. The molecule has 0 radical (unpaired) electrons. The Bertz CT molecular complexity index is 1000. The summed E-state index contributed by atoms with van der Waals surface area (Å²) in [5, 5.41) is 0.